The molecule has 0 saturated heterocycles. The minimum Gasteiger partial charge on any atom is -0.197 e. The van der Waals surface area contributed by atoms with Gasteiger partial charge in [-0.25, -0.2) is 0 Å². The van der Waals surface area contributed by atoms with Crippen LogP contribution >= 0.6 is 11.8 Å². The van der Waals surface area contributed by atoms with E-state index in [1.165, 1.54) is 18.4 Å². The topological polar surface area (TPSA) is 23.8 Å². The number of nitrogens with zero attached hydrogens (tertiary/aromatic N) is 1. The zero-order chi connectivity index (χ0) is 17.8. The highest BCUT2D eigenvalue weighted by Gasteiger charge is 2.41. The molecule has 0 aliphatic carbocycles. The van der Waals surface area contributed by atoms with Crippen LogP contribution in [0.1, 0.15) is 71.3 Å². The van der Waals surface area contributed by atoms with Gasteiger partial charge in [-0.15, -0.1) is 0 Å². The van der Waals surface area contributed by atoms with Crippen LogP contribution in [0, 0.1) is 23.2 Å². The lowest BCUT2D eigenvalue weighted by Crippen LogP contribution is -2.37. The molecule has 0 N–H and O–H groups in total. The van der Waals surface area contributed by atoms with Gasteiger partial charge in [0.15, 0.2) is 0 Å². The summed E-state index contributed by atoms with van der Waals surface area (Å²) in [7, 11) is 0. The molecule has 0 aromatic heterocycles. The molecular formula is C22H35NS. The summed E-state index contributed by atoms with van der Waals surface area (Å²) in [4.78, 5) is 0. The van der Waals surface area contributed by atoms with Gasteiger partial charge < -0.3 is 0 Å². The molecule has 1 rings (SSSR count). The second kappa shape index (κ2) is 11.6. The second-order valence-electron chi connectivity index (χ2n) is 7.04. The van der Waals surface area contributed by atoms with Crippen molar-refractivity contribution in [1.29, 1.82) is 5.26 Å². The van der Waals surface area contributed by atoms with E-state index in [1.807, 2.05) is 11.8 Å². The summed E-state index contributed by atoms with van der Waals surface area (Å²) in [6, 6.07) is 13.5. The fourth-order valence-electron chi connectivity index (χ4n) is 4.13. The minimum atomic E-state index is -0.331. The van der Waals surface area contributed by atoms with Gasteiger partial charge in [0.2, 0.25) is 0 Å². The van der Waals surface area contributed by atoms with Gasteiger partial charge >= 0.3 is 0 Å². The highest BCUT2D eigenvalue weighted by molar-refractivity contribution is 7.98. The van der Waals surface area contributed by atoms with Crippen molar-refractivity contribution < 1.29 is 0 Å². The van der Waals surface area contributed by atoms with Gasteiger partial charge in [0, 0.05) is 0 Å². The number of benzene rings is 1. The van der Waals surface area contributed by atoms with Gasteiger partial charge in [-0.2, -0.15) is 17.0 Å². The third-order valence-corrected chi connectivity index (χ3v) is 5.97. The average molecular weight is 346 g/mol. The summed E-state index contributed by atoms with van der Waals surface area (Å²) in [6.07, 6.45) is 10.2. The van der Waals surface area contributed by atoms with Crippen molar-refractivity contribution in [2.24, 2.45) is 11.8 Å². The molecule has 0 aliphatic heterocycles. The van der Waals surface area contributed by atoms with Crippen LogP contribution in [0.2, 0.25) is 0 Å². The van der Waals surface area contributed by atoms with Crippen LogP contribution in [0.4, 0.5) is 0 Å². The maximum Gasteiger partial charge on any atom is 0.0853 e. The molecule has 0 fully saturated rings. The fourth-order valence-corrected chi connectivity index (χ4v) is 4.89. The van der Waals surface area contributed by atoms with Crippen molar-refractivity contribution in [1.82, 2.24) is 0 Å². The molecule has 1 aromatic rings. The third kappa shape index (κ3) is 5.55. The maximum atomic E-state index is 10.4. The largest absolute Gasteiger partial charge is 0.197 e. The molecule has 1 nitrogen and oxygen atoms in total. The smallest absolute Gasteiger partial charge is 0.0853 e. The Kier molecular flexibility index (Phi) is 10.2. The van der Waals surface area contributed by atoms with Crippen molar-refractivity contribution in [3.8, 4) is 6.07 Å². The van der Waals surface area contributed by atoms with Crippen LogP contribution in [0.3, 0.4) is 0 Å². The molecule has 0 aliphatic rings. The van der Waals surface area contributed by atoms with E-state index in [0.29, 0.717) is 11.8 Å². The Balaban J connectivity index is 3.28. The molecule has 2 unspecified atom stereocenters. The molecule has 2 heteroatoms. The lowest BCUT2D eigenvalue weighted by Gasteiger charge is -2.38. The quantitative estimate of drug-likeness (QED) is 0.414. The van der Waals surface area contributed by atoms with Gasteiger partial charge in [0.25, 0.3) is 0 Å². The molecule has 1 aromatic carbocycles. The van der Waals surface area contributed by atoms with Crippen LogP contribution in [0.25, 0.3) is 0 Å². The van der Waals surface area contributed by atoms with E-state index in [0.717, 1.165) is 37.9 Å². The van der Waals surface area contributed by atoms with Crippen LogP contribution in [-0.4, -0.2) is 12.0 Å². The van der Waals surface area contributed by atoms with Crippen LogP contribution in [0.15, 0.2) is 30.3 Å². The fraction of sp³-hybridized carbons (Fsp3) is 0.682. The monoisotopic (exact) mass is 345 g/mol. The standard InChI is InChI=1S/C22H35NS/c1-5-11-19(17-24-4)16-22(18-23,20(12-6-2)13-7-3)21-14-9-8-10-15-21/h8-10,14-15,19-20H,5-7,11-13,16-17H2,1-4H3. The van der Waals surface area contributed by atoms with E-state index in [4.69, 9.17) is 0 Å². The van der Waals surface area contributed by atoms with Gasteiger partial charge in [-0.1, -0.05) is 70.4 Å². The SMILES string of the molecule is CCCC(CSC)CC(C#N)(c1ccccc1)C(CCC)CCC. The summed E-state index contributed by atoms with van der Waals surface area (Å²) in [6.45, 7) is 6.77. The normalized spacial score (nSPS) is 15.0. The summed E-state index contributed by atoms with van der Waals surface area (Å²) in [5.41, 5.74) is 0.907. The Hall–Kier alpha value is -0.940. The number of thioether (sulfide) groups is 1. The summed E-state index contributed by atoms with van der Waals surface area (Å²) in [5.74, 6) is 2.25. The van der Waals surface area contributed by atoms with Gasteiger partial charge in [-0.3, -0.25) is 0 Å². The van der Waals surface area contributed by atoms with E-state index in [1.54, 1.807) is 0 Å². The molecule has 134 valence electrons. The predicted molar refractivity (Wildman–Crippen MR) is 108 cm³/mol. The molecule has 0 saturated carbocycles. The first-order valence-corrected chi connectivity index (χ1v) is 11.0. The molecule has 24 heavy (non-hydrogen) atoms. The first-order valence-electron chi connectivity index (χ1n) is 9.64. The van der Waals surface area contributed by atoms with Crippen molar-refractivity contribution in [2.45, 2.75) is 71.1 Å². The molecule has 0 heterocycles. The van der Waals surface area contributed by atoms with Gasteiger partial charge in [-0.05, 0) is 55.1 Å². The Morgan fingerprint density at radius 3 is 2.04 bits per heavy atom. The van der Waals surface area contributed by atoms with Gasteiger partial charge in [0.1, 0.15) is 0 Å². The van der Waals surface area contributed by atoms with Gasteiger partial charge in [0.05, 0.1) is 11.5 Å². The Labute approximate surface area is 154 Å². The van der Waals surface area contributed by atoms with E-state index >= 15 is 0 Å². The van der Waals surface area contributed by atoms with Crippen molar-refractivity contribution in [3.63, 3.8) is 0 Å². The highest BCUT2D eigenvalue weighted by atomic mass is 32.2. The number of rotatable bonds is 12. The number of hydrogen-bond donors (Lipinski definition) is 0. The molecule has 0 spiro atoms. The summed E-state index contributed by atoms with van der Waals surface area (Å²) >= 11 is 1.93. The number of nitriles is 1. The van der Waals surface area contributed by atoms with E-state index in [-0.39, 0.29) is 5.41 Å². The van der Waals surface area contributed by atoms with Crippen LogP contribution in [-0.2, 0) is 5.41 Å². The van der Waals surface area contributed by atoms with E-state index in [9.17, 15) is 5.26 Å². The molecule has 0 radical (unpaired) electrons. The van der Waals surface area contributed by atoms with Crippen molar-refractivity contribution >= 4 is 11.8 Å². The first kappa shape index (κ1) is 21.1. The minimum absolute atomic E-state index is 0.331. The highest BCUT2D eigenvalue weighted by Crippen LogP contribution is 2.43. The zero-order valence-corrected chi connectivity index (χ0v) is 16.9. The third-order valence-electron chi connectivity index (χ3n) is 5.17. The summed E-state index contributed by atoms with van der Waals surface area (Å²) < 4.78 is 0. The zero-order valence-electron chi connectivity index (χ0n) is 16.1. The van der Waals surface area contributed by atoms with Crippen molar-refractivity contribution in [2.75, 3.05) is 12.0 Å². The van der Waals surface area contributed by atoms with Crippen LogP contribution in [0.5, 0.6) is 0 Å². The Bertz CT molecular complexity index is 466. The number of hydrogen-bond acceptors (Lipinski definition) is 2. The average Bonchev–Trinajstić information content (AvgIpc) is 2.61. The molecular weight excluding hydrogens is 310 g/mol. The maximum absolute atomic E-state index is 10.4. The molecule has 0 amide bonds. The van der Waals surface area contributed by atoms with E-state index in [2.05, 4.69) is 63.4 Å². The first-order chi connectivity index (χ1) is 11.7. The van der Waals surface area contributed by atoms with Crippen LogP contribution < -0.4 is 0 Å². The lowest BCUT2D eigenvalue weighted by atomic mass is 9.63. The predicted octanol–water partition coefficient (Wildman–Crippen LogP) is 6.83. The molecule has 0 bridgehead atoms. The van der Waals surface area contributed by atoms with E-state index < -0.39 is 0 Å². The van der Waals surface area contributed by atoms with Crippen molar-refractivity contribution in [3.05, 3.63) is 35.9 Å². The summed E-state index contributed by atoms with van der Waals surface area (Å²) in [5, 5.41) is 10.4. The second-order valence-corrected chi connectivity index (χ2v) is 7.95. The molecule has 2 atom stereocenters. The lowest BCUT2D eigenvalue weighted by molar-refractivity contribution is 0.243. The Morgan fingerprint density at radius 2 is 1.58 bits per heavy atom. The Morgan fingerprint density at radius 1 is 1.00 bits per heavy atom.